The third-order valence-electron chi connectivity index (χ3n) is 26.7. The maximum absolute atomic E-state index is 5.37. The number of fused-ring (bicyclic) bond motifs is 14. The van der Waals surface area contributed by atoms with Gasteiger partial charge in [0, 0.05) is 123 Å². The highest BCUT2D eigenvalue weighted by molar-refractivity contribution is 6.27. The SMILES string of the molecule is c1ccc(-c2cccc(-c3nc(-c4ccc5c6ccccc6c6ccccc6c5c4)ncc3-c3cccc(-c4cccnc4)c3)c2)cc1.c1ccc(-c2ncc(-c3cccc(-c4cccnc4)c3)c(-c3ccc(-c4cccc5ccccc45)cc3)n2)cc1.c1cncc(-c2cccc(-c3cnc(-c4ccc5c6ccccc6c6ccccc6c5c4)nc3-c3ccc(-c4cccc5ccccc45)cc3)c2)c1. The van der Waals surface area contributed by atoms with Crippen molar-refractivity contribution in [1.82, 2.24) is 44.9 Å². The third kappa shape index (κ3) is 16.6. The fourth-order valence-corrected chi connectivity index (χ4v) is 19.8. The van der Waals surface area contributed by atoms with E-state index in [2.05, 4.69) is 421 Å². The summed E-state index contributed by atoms with van der Waals surface area (Å²) in [5.41, 5.74) is 28.5. The van der Waals surface area contributed by atoms with Crippen LogP contribution in [0, 0.1) is 0 Å². The van der Waals surface area contributed by atoms with Crippen LogP contribution in [0.5, 0.6) is 0 Å². The molecule has 0 fully saturated rings. The molecule has 20 aromatic carbocycles. The normalized spacial score (nSPS) is 11.3. The van der Waals surface area contributed by atoms with Crippen LogP contribution in [-0.2, 0) is 0 Å². The van der Waals surface area contributed by atoms with Crippen molar-refractivity contribution < 1.29 is 0 Å². The van der Waals surface area contributed by atoms with Gasteiger partial charge in [0.2, 0.25) is 0 Å². The summed E-state index contributed by atoms with van der Waals surface area (Å²) < 4.78 is 0. The van der Waals surface area contributed by atoms with E-state index < -0.39 is 0 Å². The molecule has 0 amide bonds. The number of hydrogen-bond donors (Lipinski definition) is 0. The molecule has 9 nitrogen and oxygen atoms in total. The summed E-state index contributed by atoms with van der Waals surface area (Å²) in [5, 5.41) is 19.8. The van der Waals surface area contributed by atoms with Crippen molar-refractivity contribution in [3.63, 3.8) is 0 Å². The second-order valence-corrected chi connectivity index (χ2v) is 35.1. The number of hydrogen-bond acceptors (Lipinski definition) is 9. The molecule has 140 heavy (non-hydrogen) atoms. The molecule has 6 heterocycles. The predicted molar refractivity (Wildman–Crippen MR) is 581 cm³/mol. The fraction of sp³-hybridized carbons (Fsp3) is 0. The molecular weight excluding hydrogens is 1700 g/mol. The highest BCUT2D eigenvalue weighted by Gasteiger charge is 2.23. The van der Waals surface area contributed by atoms with Gasteiger partial charge in [-0.15, -0.1) is 0 Å². The Kier molecular flexibility index (Phi) is 22.6. The molecule has 654 valence electrons. The van der Waals surface area contributed by atoms with Crippen molar-refractivity contribution in [3.8, 4) is 168 Å². The lowest BCUT2D eigenvalue weighted by Gasteiger charge is -2.14. The van der Waals surface area contributed by atoms with Gasteiger partial charge in [0.15, 0.2) is 17.5 Å². The molecule has 0 aliphatic carbocycles. The first-order valence-corrected chi connectivity index (χ1v) is 47.1. The molecule has 0 bridgehead atoms. The number of rotatable bonds is 15. The second kappa shape index (κ2) is 37.6. The van der Waals surface area contributed by atoms with Crippen molar-refractivity contribution in [2.45, 2.75) is 0 Å². The van der Waals surface area contributed by atoms with Gasteiger partial charge >= 0.3 is 0 Å². The predicted octanol–water partition coefficient (Wildman–Crippen LogP) is 33.8. The van der Waals surface area contributed by atoms with E-state index in [1.807, 2.05) is 91.8 Å². The molecule has 0 aliphatic rings. The molecular formula is C131H85N9. The average Bonchev–Trinajstić information content (AvgIpc) is 0.739. The van der Waals surface area contributed by atoms with Crippen LogP contribution in [0.15, 0.2) is 517 Å². The minimum atomic E-state index is 0.694. The molecule has 26 rings (SSSR count). The maximum atomic E-state index is 5.37. The minimum absolute atomic E-state index is 0.694. The largest absolute Gasteiger partial charge is 0.264 e. The van der Waals surface area contributed by atoms with E-state index in [-0.39, 0.29) is 0 Å². The Balaban J connectivity index is 0.000000115. The molecule has 26 aromatic rings. The Bertz CT molecular complexity index is 9080. The zero-order valence-corrected chi connectivity index (χ0v) is 76.1. The van der Waals surface area contributed by atoms with Crippen LogP contribution in [-0.4, -0.2) is 44.9 Å². The molecule has 0 saturated heterocycles. The van der Waals surface area contributed by atoms with Crippen LogP contribution in [0.2, 0.25) is 0 Å². The topological polar surface area (TPSA) is 116 Å². The standard InChI is InChI=1S/C49H31N3.C45H29N3.C37H25N3/c1-2-15-39-32(10-1)11-8-20-40(39)33-21-23-34(24-22-33)48-47(36-13-7-12-35(28-36)38-14-9-27-50-30-38)31-51-49(52-48)37-25-26-45-43-18-4-3-16-41(43)42-17-5-6-19-44(42)46(45)29-37;1-2-11-30(12-3-1)31-13-9-16-34(26-31)44-43(33-15-8-14-32(25-33)36-17-10-24-46-28-36)29-47-45(48-44)35-22-23-41-39-20-5-4-18-37(39)38-19-6-7-21-40(38)42(41)27-35;1-2-10-29(11-3-1)37-39-25-35(31-14-6-13-30(23-31)32-15-8-22-38-24-32)36(40-37)28-20-18-27(19-21-28)34-17-7-12-26-9-4-5-16-33(26)34/h1-31H;1-29H;1-25H. The number of pyridine rings is 3. The monoisotopic (exact) mass is 1780 g/mol. The van der Waals surface area contributed by atoms with Gasteiger partial charge in [-0.2, -0.15) is 0 Å². The van der Waals surface area contributed by atoms with E-state index in [0.29, 0.717) is 17.5 Å². The number of aromatic nitrogens is 9. The van der Waals surface area contributed by atoms with Crippen molar-refractivity contribution in [1.29, 1.82) is 0 Å². The smallest absolute Gasteiger partial charge is 0.159 e. The maximum Gasteiger partial charge on any atom is 0.159 e. The summed E-state index contributed by atoms with van der Waals surface area (Å²) in [7, 11) is 0. The highest BCUT2D eigenvalue weighted by Crippen LogP contribution is 2.45. The van der Waals surface area contributed by atoms with Crippen molar-refractivity contribution in [2.75, 3.05) is 0 Å². The molecule has 0 saturated carbocycles. The summed E-state index contributed by atoms with van der Waals surface area (Å²) in [6.07, 6.45) is 17.0. The highest BCUT2D eigenvalue weighted by atomic mass is 14.9. The van der Waals surface area contributed by atoms with E-state index in [4.69, 9.17) is 29.9 Å². The van der Waals surface area contributed by atoms with Crippen LogP contribution in [0.1, 0.15) is 0 Å². The first kappa shape index (κ1) is 84.2. The van der Waals surface area contributed by atoms with Crippen molar-refractivity contribution in [3.05, 3.63) is 517 Å². The zero-order chi connectivity index (χ0) is 93.0. The fourth-order valence-electron chi connectivity index (χ4n) is 19.8. The molecule has 0 unspecified atom stereocenters. The van der Waals surface area contributed by atoms with E-state index in [9.17, 15) is 0 Å². The van der Waals surface area contributed by atoms with Crippen LogP contribution in [0.25, 0.3) is 254 Å². The van der Waals surface area contributed by atoms with Crippen LogP contribution in [0.4, 0.5) is 0 Å². The van der Waals surface area contributed by atoms with Gasteiger partial charge in [0.25, 0.3) is 0 Å². The lowest BCUT2D eigenvalue weighted by molar-refractivity contribution is 1.18. The molecule has 0 radical (unpaired) electrons. The minimum Gasteiger partial charge on any atom is -0.264 e. The van der Waals surface area contributed by atoms with E-state index in [0.717, 1.165) is 123 Å². The Morgan fingerprint density at radius 1 is 0.121 bits per heavy atom. The molecule has 9 heteroatoms. The number of nitrogens with zero attached hydrogens (tertiary/aromatic N) is 9. The van der Waals surface area contributed by atoms with Gasteiger partial charge < -0.3 is 0 Å². The molecule has 0 N–H and O–H groups in total. The molecule has 0 aliphatic heterocycles. The molecule has 6 aromatic heterocycles. The summed E-state index contributed by atoms with van der Waals surface area (Å²) in [5.74, 6) is 2.10. The Labute approximate surface area is 810 Å². The van der Waals surface area contributed by atoms with E-state index >= 15 is 0 Å². The van der Waals surface area contributed by atoms with E-state index in [1.54, 1.807) is 18.6 Å². The lowest BCUT2D eigenvalue weighted by atomic mass is 9.93. The number of benzene rings is 20. The first-order chi connectivity index (χ1) is 69.4. The summed E-state index contributed by atoms with van der Waals surface area (Å²) >= 11 is 0. The van der Waals surface area contributed by atoms with Gasteiger partial charge in [-0.1, -0.05) is 406 Å². The van der Waals surface area contributed by atoms with Crippen molar-refractivity contribution in [2.24, 2.45) is 0 Å². The lowest BCUT2D eigenvalue weighted by Crippen LogP contribution is -1.97. The summed E-state index contributed by atoms with van der Waals surface area (Å²) in [6.45, 7) is 0. The van der Waals surface area contributed by atoms with Crippen LogP contribution in [0.3, 0.4) is 0 Å². The Morgan fingerprint density at radius 2 is 0.371 bits per heavy atom. The van der Waals surface area contributed by atoms with Gasteiger partial charge in [-0.3, -0.25) is 15.0 Å². The van der Waals surface area contributed by atoms with Gasteiger partial charge in [0.05, 0.1) is 17.1 Å². The van der Waals surface area contributed by atoms with Gasteiger partial charge in [-0.05, 0) is 208 Å². The second-order valence-electron chi connectivity index (χ2n) is 35.1. The quantitative estimate of drug-likeness (QED) is 0.0925. The first-order valence-electron chi connectivity index (χ1n) is 47.1. The molecule has 0 atom stereocenters. The Hall–Kier alpha value is -18.8. The van der Waals surface area contributed by atoms with Gasteiger partial charge in [-0.25, -0.2) is 29.9 Å². The summed E-state index contributed by atoms with van der Waals surface area (Å²) in [4.78, 5) is 43.7. The van der Waals surface area contributed by atoms with E-state index in [1.165, 1.54) is 114 Å². The van der Waals surface area contributed by atoms with Crippen LogP contribution >= 0.6 is 0 Å². The summed E-state index contributed by atoms with van der Waals surface area (Å²) in [6, 6.07) is 163. The van der Waals surface area contributed by atoms with Crippen LogP contribution < -0.4 is 0 Å². The zero-order valence-electron chi connectivity index (χ0n) is 76.1. The molecule has 0 spiro atoms. The third-order valence-corrected chi connectivity index (χ3v) is 26.7. The van der Waals surface area contributed by atoms with Crippen molar-refractivity contribution >= 4 is 86.2 Å². The van der Waals surface area contributed by atoms with Gasteiger partial charge in [0.1, 0.15) is 0 Å². The Morgan fingerprint density at radius 3 is 0.736 bits per heavy atom. The average molecular weight is 1790 g/mol.